The Hall–Kier alpha value is -4.33. The molecule has 2 aliphatic rings. The maximum Gasteiger partial charge on any atom is 0.262 e. The Balaban J connectivity index is 1.84. The van der Waals surface area contributed by atoms with Gasteiger partial charge in [-0.2, -0.15) is 0 Å². The molecular weight excluding hydrogens is 374 g/mol. The fourth-order valence-corrected chi connectivity index (χ4v) is 3.84. The summed E-state index contributed by atoms with van der Waals surface area (Å²) in [7, 11) is 0. The topological polar surface area (TPSA) is 128 Å². The van der Waals surface area contributed by atoms with Crippen LogP contribution in [0.1, 0.15) is 52.6 Å². The second-order valence-corrected chi connectivity index (χ2v) is 6.68. The molecule has 29 heavy (non-hydrogen) atoms. The van der Waals surface area contributed by atoms with E-state index in [1.165, 1.54) is 24.3 Å². The summed E-state index contributed by atoms with van der Waals surface area (Å²) in [5.74, 6) is -2.50. The van der Waals surface area contributed by atoms with E-state index in [1.807, 2.05) is 0 Å². The first kappa shape index (κ1) is 16.8. The van der Waals surface area contributed by atoms with E-state index >= 15 is 0 Å². The van der Waals surface area contributed by atoms with Crippen molar-refractivity contribution in [3.05, 3.63) is 92.3 Å². The first-order valence-electron chi connectivity index (χ1n) is 8.63. The van der Waals surface area contributed by atoms with Crippen LogP contribution >= 0.6 is 0 Å². The van der Waals surface area contributed by atoms with Gasteiger partial charge in [0.25, 0.3) is 17.4 Å². The van der Waals surface area contributed by atoms with Crippen LogP contribution < -0.4 is 16.6 Å². The van der Waals surface area contributed by atoms with Crippen LogP contribution in [0.5, 0.6) is 0 Å². The highest BCUT2D eigenvalue weighted by molar-refractivity contribution is 6.29. The van der Waals surface area contributed by atoms with Gasteiger partial charge in [-0.3, -0.25) is 33.9 Å². The van der Waals surface area contributed by atoms with E-state index in [-0.39, 0.29) is 50.7 Å². The van der Waals surface area contributed by atoms with Crippen molar-refractivity contribution < 1.29 is 19.2 Å². The van der Waals surface area contributed by atoms with Crippen molar-refractivity contribution in [3.63, 3.8) is 0 Å². The van der Waals surface area contributed by atoms with Crippen LogP contribution in [0.25, 0.3) is 5.69 Å². The number of benzene rings is 2. The summed E-state index contributed by atoms with van der Waals surface area (Å²) in [6.07, 6.45) is 0. The number of anilines is 1. The number of aromatic nitrogens is 1. The molecule has 0 fully saturated rings. The van der Waals surface area contributed by atoms with Gasteiger partial charge in [-0.15, -0.1) is 0 Å². The zero-order valence-electron chi connectivity index (χ0n) is 14.7. The lowest BCUT2D eigenvalue weighted by molar-refractivity contribution is 0.0878. The van der Waals surface area contributed by atoms with E-state index in [0.717, 1.165) is 10.6 Å². The van der Waals surface area contributed by atoms with Crippen molar-refractivity contribution in [3.8, 4) is 5.69 Å². The van der Waals surface area contributed by atoms with Crippen molar-refractivity contribution in [1.29, 1.82) is 0 Å². The summed E-state index contributed by atoms with van der Waals surface area (Å²) in [5.41, 5.74) is 5.87. The van der Waals surface area contributed by atoms with E-state index < -0.39 is 23.2 Å². The molecule has 0 bridgehead atoms. The van der Waals surface area contributed by atoms with Gasteiger partial charge in [0.1, 0.15) is 5.82 Å². The van der Waals surface area contributed by atoms with Crippen LogP contribution in [0.4, 0.5) is 5.82 Å². The van der Waals surface area contributed by atoms with Gasteiger partial charge in [-0.1, -0.05) is 36.4 Å². The van der Waals surface area contributed by atoms with Gasteiger partial charge in [-0.05, 0) is 6.07 Å². The van der Waals surface area contributed by atoms with E-state index in [2.05, 4.69) is 5.32 Å². The minimum absolute atomic E-state index is 0.0229. The number of ketones is 2. The van der Waals surface area contributed by atoms with Gasteiger partial charge in [0, 0.05) is 22.8 Å². The number of pyridine rings is 1. The van der Waals surface area contributed by atoms with Crippen molar-refractivity contribution in [2.45, 2.75) is 0 Å². The van der Waals surface area contributed by atoms with Gasteiger partial charge in [0.15, 0.2) is 11.6 Å². The van der Waals surface area contributed by atoms with Crippen LogP contribution in [0.3, 0.4) is 0 Å². The van der Waals surface area contributed by atoms with Crippen LogP contribution in [0, 0.1) is 0 Å². The van der Waals surface area contributed by atoms with Crippen LogP contribution in [0.15, 0.2) is 53.3 Å². The van der Waals surface area contributed by atoms with Gasteiger partial charge in [-0.25, -0.2) is 0 Å². The second-order valence-electron chi connectivity index (χ2n) is 6.68. The number of rotatable bonds is 1. The van der Waals surface area contributed by atoms with Crippen molar-refractivity contribution in [2.75, 3.05) is 5.73 Å². The van der Waals surface area contributed by atoms with E-state index in [4.69, 9.17) is 5.73 Å². The molecule has 1 aliphatic carbocycles. The second kappa shape index (κ2) is 5.59. The van der Waals surface area contributed by atoms with Crippen molar-refractivity contribution >= 4 is 29.2 Å². The first-order valence-corrected chi connectivity index (χ1v) is 8.63. The molecule has 3 aromatic rings. The number of amides is 2. The third kappa shape index (κ3) is 2.10. The maximum absolute atomic E-state index is 13.2. The Morgan fingerprint density at radius 1 is 0.690 bits per heavy atom. The normalized spacial score (nSPS) is 14.3. The molecule has 1 aliphatic heterocycles. The largest absolute Gasteiger partial charge is 0.384 e. The minimum Gasteiger partial charge on any atom is -0.384 e. The summed E-state index contributed by atoms with van der Waals surface area (Å²) in [6.45, 7) is 0. The van der Waals surface area contributed by atoms with Gasteiger partial charge in [0.2, 0.25) is 0 Å². The fourth-order valence-electron chi connectivity index (χ4n) is 3.84. The monoisotopic (exact) mass is 385 g/mol. The van der Waals surface area contributed by atoms with Crippen LogP contribution in [0.2, 0.25) is 0 Å². The van der Waals surface area contributed by atoms with E-state index in [0.29, 0.717) is 0 Å². The number of nitrogens with two attached hydrogens (primary N) is 1. The Labute approximate surface area is 162 Å². The molecule has 0 unspecified atom stereocenters. The molecule has 2 aromatic carbocycles. The molecule has 0 spiro atoms. The molecule has 2 amide bonds. The summed E-state index contributed by atoms with van der Waals surface area (Å²) in [4.78, 5) is 62.8. The molecule has 0 saturated heterocycles. The van der Waals surface area contributed by atoms with Crippen molar-refractivity contribution in [1.82, 2.24) is 9.88 Å². The Bertz CT molecular complexity index is 1380. The number of carbonyl (C=O) groups is 4. The standard InChI is InChI=1S/C21H11N3O5/c22-19-16-12(20(28)23-21(16)29)8-14(25)24(19)13-7-3-6-11-15(13)18(27)10-5-2-1-4-9(10)17(11)26/h1-8H,22H2,(H,23,28,29). The van der Waals surface area contributed by atoms with Gasteiger partial charge in [0.05, 0.1) is 22.4 Å². The molecule has 1 aromatic heterocycles. The highest BCUT2D eigenvalue weighted by Crippen LogP contribution is 2.32. The molecule has 0 saturated carbocycles. The lowest BCUT2D eigenvalue weighted by Gasteiger charge is -2.21. The van der Waals surface area contributed by atoms with Gasteiger partial charge < -0.3 is 5.73 Å². The minimum atomic E-state index is -0.728. The number of hydrogen-bond acceptors (Lipinski definition) is 6. The summed E-state index contributed by atoms with van der Waals surface area (Å²) in [5, 5.41) is 2.09. The zero-order valence-corrected chi connectivity index (χ0v) is 14.7. The average molecular weight is 385 g/mol. The van der Waals surface area contributed by atoms with Crippen molar-refractivity contribution in [2.24, 2.45) is 0 Å². The summed E-state index contributed by atoms with van der Waals surface area (Å²) in [6, 6.07) is 11.9. The molecule has 8 nitrogen and oxygen atoms in total. The highest BCUT2D eigenvalue weighted by atomic mass is 16.2. The highest BCUT2D eigenvalue weighted by Gasteiger charge is 2.35. The number of nitrogens with zero attached hydrogens (tertiary/aromatic N) is 1. The third-order valence-corrected chi connectivity index (χ3v) is 5.12. The number of imide groups is 1. The number of nitrogen functional groups attached to an aromatic ring is 1. The molecule has 0 atom stereocenters. The third-order valence-electron chi connectivity index (χ3n) is 5.12. The molecule has 140 valence electrons. The van der Waals surface area contributed by atoms with Gasteiger partial charge >= 0.3 is 0 Å². The SMILES string of the molecule is Nc1c2c(cc(=O)n1-c1cccc3c1C(=O)c1ccccc1C3=O)C(=O)NC2=O. The quantitative estimate of drug-likeness (QED) is 0.472. The Morgan fingerprint density at radius 2 is 1.34 bits per heavy atom. The predicted molar refractivity (Wildman–Crippen MR) is 102 cm³/mol. The van der Waals surface area contributed by atoms with Crippen LogP contribution in [-0.4, -0.2) is 27.9 Å². The van der Waals surface area contributed by atoms with E-state index in [1.54, 1.807) is 18.2 Å². The summed E-state index contributed by atoms with van der Waals surface area (Å²) < 4.78 is 0.981. The number of nitrogens with one attached hydrogen (secondary N) is 1. The lowest BCUT2D eigenvalue weighted by atomic mass is 9.83. The van der Waals surface area contributed by atoms with Crippen LogP contribution in [-0.2, 0) is 0 Å². The molecule has 0 radical (unpaired) electrons. The number of fused-ring (bicyclic) bond motifs is 3. The van der Waals surface area contributed by atoms with E-state index in [9.17, 15) is 24.0 Å². The average Bonchev–Trinajstić information content (AvgIpc) is 2.99. The lowest BCUT2D eigenvalue weighted by Crippen LogP contribution is -2.28. The molecule has 2 heterocycles. The fraction of sp³-hybridized carbons (Fsp3) is 0. The number of carbonyl (C=O) groups excluding carboxylic acids is 4. The Morgan fingerprint density at radius 3 is 2.07 bits per heavy atom. The summed E-state index contributed by atoms with van der Waals surface area (Å²) >= 11 is 0. The maximum atomic E-state index is 13.2. The predicted octanol–water partition coefficient (Wildman–Crippen LogP) is 1.08. The Kier molecular flexibility index (Phi) is 3.24. The molecule has 8 heteroatoms. The smallest absolute Gasteiger partial charge is 0.262 e. The first-order chi connectivity index (χ1) is 13.9. The molecule has 5 rings (SSSR count). The zero-order chi connectivity index (χ0) is 20.4. The molecule has 3 N–H and O–H groups in total. The molecular formula is C21H11N3O5. The number of hydrogen-bond donors (Lipinski definition) is 2.